The van der Waals surface area contributed by atoms with Crippen LogP contribution in [0.2, 0.25) is 0 Å². The molecule has 2 N–H and O–H groups in total. The Morgan fingerprint density at radius 1 is 1.03 bits per heavy atom. The maximum atomic E-state index is 9.93. The normalized spacial score (nSPS) is 17.1. The molecule has 0 radical (unpaired) electrons. The van der Waals surface area contributed by atoms with Crippen LogP contribution < -0.4 is 0 Å². The summed E-state index contributed by atoms with van der Waals surface area (Å²) in [5, 5.41) is 14.4. The molecule has 2 aromatic heterocycles. The van der Waals surface area contributed by atoms with Crippen molar-refractivity contribution in [1.29, 1.82) is 0 Å². The summed E-state index contributed by atoms with van der Waals surface area (Å²) in [7, 11) is 0. The van der Waals surface area contributed by atoms with Gasteiger partial charge in [0.1, 0.15) is 6.26 Å². The lowest BCUT2D eigenvalue weighted by Crippen LogP contribution is -2.39. The smallest absolute Gasteiger partial charge is 0.190 e. The molecule has 35 heavy (non-hydrogen) atoms. The molecule has 6 nitrogen and oxygen atoms in total. The molecule has 1 fully saturated rings. The number of hydrogen-bond donors (Lipinski definition) is 2. The summed E-state index contributed by atoms with van der Waals surface area (Å²) >= 11 is -0.782. The van der Waals surface area contributed by atoms with E-state index in [0.717, 1.165) is 71.7 Å². The second-order valence-electron chi connectivity index (χ2n) is 8.72. The van der Waals surface area contributed by atoms with Gasteiger partial charge in [-0.1, -0.05) is 50.2 Å². The number of hydrogen-bond acceptors (Lipinski definition) is 5. The second kappa shape index (κ2) is 11.8. The molecule has 0 spiro atoms. The van der Waals surface area contributed by atoms with Crippen LogP contribution in [0.4, 0.5) is 0 Å². The van der Waals surface area contributed by atoms with Crippen molar-refractivity contribution in [2.45, 2.75) is 44.1 Å². The highest BCUT2D eigenvalue weighted by atomic mass is 32.2. The van der Waals surface area contributed by atoms with Crippen molar-refractivity contribution >= 4 is 16.8 Å². The fourth-order valence-electron chi connectivity index (χ4n) is 4.46. The first-order chi connectivity index (χ1) is 17.1. The van der Waals surface area contributed by atoms with Crippen LogP contribution in [0.3, 0.4) is 0 Å². The number of rotatable bonds is 6. The summed E-state index contributed by atoms with van der Waals surface area (Å²) in [6.45, 7) is 6.85. The molecule has 184 valence electrons. The van der Waals surface area contributed by atoms with E-state index in [9.17, 15) is 9.66 Å². The average Bonchev–Trinajstić information content (AvgIpc) is 3.32. The first kappa shape index (κ1) is 25.4. The van der Waals surface area contributed by atoms with Crippen molar-refractivity contribution in [3.05, 3.63) is 72.7 Å². The van der Waals surface area contributed by atoms with E-state index < -0.39 is 11.2 Å². The monoisotopic (exact) mass is 491 g/mol. The van der Waals surface area contributed by atoms with Crippen LogP contribution >= 0.6 is 0 Å². The molecule has 4 aromatic rings. The van der Waals surface area contributed by atoms with Gasteiger partial charge in [-0.2, -0.15) is 9.65 Å². The highest BCUT2D eigenvalue weighted by Crippen LogP contribution is 2.27. The molecule has 2 aromatic carbocycles. The summed E-state index contributed by atoms with van der Waals surface area (Å²) in [5.41, 5.74) is 6.17. The van der Waals surface area contributed by atoms with Crippen LogP contribution in [-0.2, 0) is 17.6 Å². The number of piperidine rings is 1. The molecule has 5 rings (SSSR count). The van der Waals surface area contributed by atoms with Crippen LogP contribution in [0, 0.1) is 0 Å². The molecule has 1 aliphatic rings. The van der Waals surface area contributed by atoms with E-state index in [1.807, 2.05) is 61.2 Å². The summed E-state index contributed by atoms with van der Waals surface area (Å²) in [6, 6.07) is 16.5. The first-order valence-electron chi connectivity index (χ1n) is 12.4. The largest absolute Gasteiger partial charge is 0.392 e. The van der Waals surface area contributed by atoms with Gasteiger partial charge in [-0.25, -0.2) is 9.50 Å². The lowest BCUT2D eigenvalue weighted by molar-refractivity contribution is 0.0714. The molecule has 0 aliphatic carbocycles. The molecular formula is C28H35N4O2S+. The zero-order chi connectivity index (χ0) is 24.8. The third-order valence-electron chi connectivity index (χ3n) is 6.33. The molecule has 0 bridgehead atoms. The molecule has 1 saturated heterocycles. The van der Waals surface area contributed by atoms with Gasteiger partial charge in [0.25, 0.3) is 0 Å². The van der Waals surface area contributed by atoms with Crippen molar-refractivity contribution in [2.75, 3.05) is 25.9 Å². The summed E-state index contributed by atoms with van der Waals surface area (Å²) in [6.07, 6.45) is 10.3. The fourth-order valence-corrected chi connectivity index (χ4v) is 5.03. The van der Waals surface area contributed by atoms with Crippen molar-refractivity contribution in [1.82, 2.24) is 19.5 Å². The number of β-amino-alcohol motifs (C(OH)–C–C–N with tert-alkyl or cyclic N) is 1. The highest BCUT2D eigenvalue weighted by Gasteiger charge is 2.17. The molecule has 2 unspecified atom stereocenters. The van der Waals surface area contributed by atoms with Gasteiger partial charge in [0.05, 0.1) is 12.3 Å². The van der Waals surface area contributed by atoms with Gasteiger partial charge in [0.15, 0.2) is 21.7 Å². The minimum atomic E-state index is -0.782. The Morgan fingerprint density at radius 2 is 1.83 bits per heavy atom. The molecule has 2 atom stereocenters. The zero-order valence-electron chi connectivity index (χ0n) is 20.8. The molecular weight excluding hydrogens is 456 g/mol. The summed E-state index contributed by atoms with van der Waals surface area (Å²) in [4.78, 5) is 7.96. The van der Waals surface area contributed by atoms with Crippen LogP contribution in [0.1, 0.15) is 32.3 Å². The number of aliphatic hydroxyl groups excluding tert-OH is 1. The number of likely N-dealkylation sites (tertiary alicyclic amines) is 1. The molecule has 1 aliphatic heterocycles. The molecule has 0 amide bonds. The highest BCUT2D eigenvalue weighted by molar-refractivity contribution is 7.90. The standard InChI is InChI=1S/C26H29N4O2S.C2H6/c1-33(32)24-6-2-4-21(14-24)25-16-28-30-17-22(15-27-26(25)30)20-9-7-19(8-10-20)11-13-29-12-3-5-23(31)18-29;1-2/h2,4,6-10,14-17,23,31-32H,3,5,11-13,18H2,1H3;1-2H3/q+1;. The Hall–Kier alpha value is -2.71. The van der Waals surface area contributed by atoms with Crippen molar-refractivity contribution in [3.63, 3.8) is 0 Å². The van der Waals surface area contributed by atoms with Crippen LogP contribution in [0.25, 0.3) is 27.9 Å². The van der Waals surface area contributed by atoms with E-state index in [1.165, 1.54) is 5.56 Å². The van der Waals surface area contributed by atoms with E-state index >= 15 is 0 Å². The Kier molecular flexibility index (Phi) is 8.57. The van der Waals surface area contributed by atoms with Crippen LogP contribution in [-0.4, -0.2) is 61.2 Å². The minimum Gasteiger partial charge on any atom is -0.392 e. The van der Waals surface area contributed by atoms with Gasteiger partial charge in [-0.15, -0.1) is 0 Å². The fraction of sp³-hybridized carbons (Fsp3) is 0.357. The van der Waals surface area contributed by atoms with Crippen molar-refractivity contribution in [3.8, 4) is 22.3 Å². The minimum absolute atomic E-state index is 0.172. The van der Waals surface area contributed by atoms with Gasteiger partial charge >= 0.3 is 0 Å². The lowest BCUT2D eigenvalue weighted by Gasteiger charge is -2.29. The maximum Gasteiger partial charge on any atom is 0.190 e. The number of aromatic nitrogens is 3. The zero-order valence-corrected chi connectivity index (χ0v) is 21.6. The first-order valence-corrected chi connectivity index (χ1v) is 13.9. The van der Waals surface area contributed by atoms with Crippen molar-refractivity contribution in [2.24, 2.45) is 0 Å². The Bertz CT molecular complexity index is 1240. The summed E-state index contributed by atoms with van der Waals surface area (Å²) in [5.74, 6) is 0. The lowest BCUT2D eigenvalue weighted by atomic mass is 10.0. The topological polar surface area (TPSA) is 73.9 Å². The number of nitrogens with zero attached hydrogens (tertiary/aromatic N) is 4. The molecule has 3 heterocycles. The Labute approximate surface area is 210 Å². The predicted molar refractivity (Wildman–Crippen MR) is 145 cm³/mol. The average molecular weight is 492 g/mol. The van der Waals surface area contributed by atoms with E-state index in [4.69, 9.17) is 4.98 Å². The third kappa shape index (κ3) is 6.11. The Balaban J connectivity index is 0.00000141. The second-order valence-corrected chi connectivity index (χ2v) is 10.1. The number of aliphatic hydroxyl groups is 1. The third-order valence-corrected chi connectivity index (χ3v) is 7.26. The van der Waals surface area contributed by atoms with E-state index in [2.05, 4.69) is 34.3 Å². The van der Waals surface area contributed by atoms with Gasteiger partial charge in [-0.3, -0.25) is 0 Å². The van der Waals surface area contributed by atoms with Gasteiger partial charge in [0.2, 0.25) is 0 Å². The Morgan fingerprint density at radius 3 is 2.57 bits per heavy atom. The number of fused-ring (bicyclic) bond motifs is 1. The van der Waals surface area contributed by atoms with Gasteiger partial charge < -0.3 is 10.0 Å². The predicted octanol–water partition coefficient (Wildman–Crippen LogP) is 5.17. The molecule has 7 heteroatoms. The summed E-state index contributed by atoms with van der Waals surface area (Å²) < 4.78 is 11.7. The van der Waals surface area contributed by atoms with E-state index in [1.54, 1.807) is 6.26 Å². The van der Waals surface area contributed by atoms with Gasteiger partial charge in [-0.05, 0) is 48.6 Å². The molecule has 0 saturated carbocycles. The number of benzene rings is 2. The SMILES string of the molecule is CC.C[S+](O)c1cccc(-c2cnn3cc(-c4ccc(CCN5CCCC(O)C5)cc4)cnc23)c1. The van der Waals surface area contributed by atoms with E-state index in [-0.39, 0.29) is 6.10 Å². The maximum absolute atomic E-state index is 9.93. The van der Waals surface area contributed by atoms with E-state index in [0.29, 0.717) is 0 Å². The van der Waals surface area contributed by atoms with Crippen LogP contribution in [0.15, 0.2) is 72.0 Å². The quantitative estimate of drug-likeness (QED) is 0.364. The van der Waals surface area contributed by atoms with Crippen molar-refractivity contribution < 1.29 is 9.66 Å². The van der Waals surface area contributed by atoms with Gasteiger partial charge in [0, 0.05) is 42.7 Å². The van der Waals surface area contributed by atoms with Crippen LogP contribution in [0.5, 0.6) is 0 Å².